The van der Waals surface area contributed by atoms with Crippen molar-refractivity contribution in [1.29, 1.82) is 0 Å². The molecule has 1 aliphatic heterocycles. The van der Waals surface area contributed by atoms with Gasteiger partial charge >= 0.3 is 0 Å². The predicted octanol–water partition coefficient (Wildman–Crippen LogP) is 5.49. The molecule has 0 amide bonds. The molecule has 0 spiro atoms. The Labute approximate surface area is 140 Å². The third kappa shape index (κ3) is 3.19. The molecule has 0 aromatic heterocycles. The standard InChI is InChI=1S/C21H30O2/c1-5-6-7-8-15-12-18(22)20-16-11-14(2)9-10-17(16)21(3,4)23-19(20)13-15/h9-13,16-17,19-20,22H,5-8H2,1-4H3. The molecule has 3 rings (SSSR count). The molecule has 2 nitrogen and oxygen atoms in total. The molecule has 0 aromatic carbocycles. The normalized spacial score (nSPS) is 34.9. The van der Waals surface area contributed by atoms with Gasteiger partial charge in [0.15, 0.2) is 0 Å². The molecule has 1 fully saturated rings. The Morgan fingerprint density at radius 2 is 2.00 bits per heavy atom. The Kier molecular flexibility index (Phi) is 4.55. The van der Waals surface area contributed by atoms with Crippen molar-refractivity contribution in [1.82, 2.24) is 0 Å². The summed E-state index contributed by atoms with van der Waals surface area (Å²) < 4.78 is 6.43. The number of unbranched alkanes of at least 4 members (excludes halogenated alkanes) is 2. The minimum Gasteiger partial charge on any atom is -0.512 e. The van der Waals surface area contributed by atoms with Gasteiger partial charge in [-0.3, -0.25) is 0 Å². The van der Waals surface area contributed by atoms with Crippen molar-refractivity contribution in [3.8, 4) is 0 Å². The van der Waals surface area contributed by atoms with Crippen molar-refractivity contribution in [2.45, 2.75) is 65.1 Å². The lowest BCUT2D eigenvalue weighted by Crippen LogP contribution is -2.53. The van der Waals surface area contributed by atoms with E-state index in [1.165, 1.54) is 30.4 Å². The van der Waals surface area contributed by atoms with Crippen molar-refractivity contribution in [3.63, 3.8) is 0 Å². The molecule has 4 unspecified atom stereocenters. The van der Waals surface area contributed by atoms with Crippen LogP contribution in [0.15, 0.2) is 47.3 Å². The van der Waals surface area contributed by atoms with Gasteiger partial charge in [-0.05, 0) is 51.2 Å². The van der Waals surface area contributed by atoms with Crippen LogP contribution in [0.2, 0.25) is 0 Å². The number of hydrogen-bond donors (Lipinski definition) is 1. The van der Waals surface area contributed by atoms with Crippen LogP contribution in [0.25, 0.3) is 0 Å². The van der Waals surface area contributed by atoms with Gasteiger partial charge in [0, 0.05) is 5.92 Å². The molecule has 23 heavy (non-hydrogen) atoms. The van der Waals surface area contributed by atoms with E-state index in [0.29, 0.717) is 17.6 Å². The monoisotopic (exact) mass is 314 g/mol. The second kappa shape index (κ2) is 6.32. The van der Waals surface area contributed by atoms with E-state index in [9.17, 15) is 5.11 Å². The summed E-state index contributed by atoms with van der Waals surface area (Å²) in [5.74, 6) is 1.20. The summed E-state index contributed by atoms with van der Waals surface area (Å²) in [6.07, 6.45) is 15.7. The highest BCUT2D eigenvalue weighted by molar-refractivity contribution is 5.36. The molecule has 4 atom stereocenters. The Hall–Kier alpha value is -1.28. The van der Waals surface area contributed by atoms with Gasteiger partial charge in [-0.2, -0.15) is 0 Å². The first-order chi connectivity index (χ1) is 10.9. The summed E-state index contributed by atoms with van der Waals surface area (Å²) in [5, 5.41) is 10.7. The van der Waals surface area contributed by atoms with Crippen molar-refractivity contribution in [2.75, 3.05) is 0 Å². The van der Waals surface area contributed by atoms with E-state index < -0.39 is 0 Å². The lowest BCUT2D eigenvalue weighted by atomic mass is 9.65. The van der Waals surface area contributed by atoms with Gasteiger partial charge in [0.2, 0.25) is 0 Å². The quantitative estimate of drug-likeness (QED) is 0.695. The summed E-state index contributed by atoms with van der Waals surface area (Å²) in [7, 11) is 0. The van der Waals surface area contributed by atoms with Crippen LogP contribution in [0.3, 0.4) is 0 Å². The molecule has 0 aromatic rings. The number of hydrogen-bond acceptors (Lipinski definition) is 2. The average molecular weight is 314 g/mol. The number of allylic oxidation sites excluding steroid dienone is 5. The third-order valence-electron chi connectivity index (χ3n) is 5.57. The van der Waals surface area contributed by atoms with Crippen LogP contribution < -0.4 is 0 Å². The second-order valence-electron chi connectivity index (χ2n) is 7.85. The Bertz CT molecular complexity index is 577. The Morgan fingerprint density at radius 3 is 2.74 bits per heavy atom. The van der Waals surface area contributed by atoms with Crippen molar-refractivity contribution < 1.29 is 9.84 Å². The van der Waals surface area contributed by atoms with E-state index in [4.69, 9.17) is 4.74 Å². The minimum atomic E-state index is -0.206. The summed E-state index contributed by atoms with van der Waals surface area (Å²) in [4.78, 5) is 0. The predicted molar refractivity (Wildman–Crippen MR) is 95.3 cm³/mol. The first kappa shape index (κ1) is 16.6. The van der Waals surface area contributed by atoms with Gasteiger partial charge < -0.3 is 9.84 Å². The highest BCUT2D eigenvalue weighted by atomic mass is 16.5. The summed E-state index contributed by atoms with van der Waals surface area (Å²) in [6, 6.07) is 0. The number of aliphatic hydroxyl groups is 1. The fourth-order valence-corrected chi connectivity index (χ4v) is 4.37. The molecule has 2 heteroatoms. The fraction of sp³-hybridized carbons (Fsp3) is 0.619. The molecule has 1 saturated heterocycles. The Balaban J connectivity index is 1.87. The maximum atomic E-state index is 10.7. The smallest absolute Gasteiger partial charge is 0.0991 e. The van der Waals surface area contributed by atoms with Crippen molar-refractivity contribution in [3.05, 3.63) is 47.3 Å². The maximum Gasteiger partial charge on any atom is 0.0991 e. The molecule has 0 saturated carbocycles. The number of fused-ring (bicyclic) bond motifs is 3. The largest absolute Gasteiger partial charge is 0.512 e. The third-order valence-corrected chi connectivity index (χ3v) is 5.57. The van der Waals surface area contributed by atoms with E-state index >= 15 is 0 Å². The van der Waals surface area contributed by atoms with Crippen LogP contribution >= 0.6 is 0 Å². The molecule has 0 radical (unpaired) electrons. The molecule has 0 bridgehead atoms. The van der Waals surface area contributed by atoms with Crippen LogP contribution in [0.4, 0.5) is 0 Å². The summed E-state index contributed by atoms with van der Waals surface area (Å²) in [6.45, 7) is 8.72. The molecule has 3 aliphatic rings. The zero-order valence-electron chi connectivity index (χ0n) is 14.9. The number of ether oxygens (including phenoxy) is 1. The average Bonchev–Trinajstić information content (AvgIpc) is 2.46. The van der Waals surface area contributed by atoms with Crippen LogP contribution in [0, 0.1) is 17.8 Å². The lowest BCUT2D eigenvalue weighted by molar-refractivity contribution is -0.154. The molecular weight excluding hydrogens is 284 g/mol. The van der Waals surface area contributed by atoms with Gasteiger partial charge in [-0.25, -0.2) is 0 Å². The zero-order chi connectivity index (χ0) is 16.6. The second-order valence-corrected chi connectivity index (χ2v) is 7.85. The molecule has 1 N–H and O–H groups in total. The lowest BCUT2D eigenvalue weighted by Gasteiger charge is -2.51. The van der Waals surface area contributed by atoms with E-state index in [1.807, 2.05) is 6.08 Å². The highest BCUT2D eigenvalue weighted by Crippen LogP contribution is 2.49. The molecule has 126 valence electrons. The number of rotatable bonds is 4. The van der Waals surface area contributed by atoms with E-state index in [1.54, 1.807) is 0 Å². The molecular formula is C21H30O2. The minimum absolute atomic E-state index is 0.0107. The van der Waals surface area contributed by atoms with Gasteiger partial charge in [0.25, 0.3) is 0 Å². The first-order valence-corrected chi connectivity index (χ1v) is 9.08. The highest BCUT2D eigenvalue weighted by Gasteiger charge is 2.50. The summed E-state index contributed by atoms with van der Waals surface area (Å²) in [5.41, 5.74) is 2.31. The van der Waals surface area contributed by atoms with Gasteiger partial charge in [0.1, 0.15) is 0 Å². The van der Waals surface area contributed by atoms with Gasteiger partial charge in [-0.1, -0.05) is 49.6 Å². The maximum absolute atomic E-state index is 10.7. The van der Waals surface area contributed by atoms with E-state index in [0.717, 1.165) is 6.42 Å². The summed E-state index contributed by atoms with van der Waals surface area (Å²) >= 11 is 0. The van der Waals surface area contributed by atoms with Crippen LogP contribution in [-0.4, -0.2) is 16.8 Å². The number of aliphatic hydroxyl groups excluding tert-OH is 1. The van der Waals surface area contributed by atoms with Crippen molar-refractivity contribution >= 4 is 0 Å². The van der Waals surface area contributed by atoms with Crippen molar-refractivity contribution in [2.24, 2.45) is 17.8 Å². The van der Waals surface area contributed by atoms with E-state index in [-0.39, 0.29) is 17.6 Å². The first-order valence-electron chi connectivity index (χ1n) is 9.08. The van der Waals surface area contributed by atoms with Crippen LogP contribution in [0.1, 0.15) is 53.4 Å². The van der Waals surface area contributed by atoms with Crippen LogP contribution in [0.5, 0.6) is 0 Å². The topological polar surface area (TPSA) is 29.5 Å². The fourth-order valence-electron chi connectivity index (χ4n) is 4.37. The Morgan fingerprint density at radius 1 is 1.22 bits per heavy atom. The SMILES string of the molecule is CCCCCC1=CC2OC(C)(C)C3C=CC(C)=CC3C2C(O)=C1. The zero-order valence-corrected chi connectivity index (χ0v) is 14.9. The molecule has 1 heterocycles. The molecule has 2 aliphatic carbocycles. The van der Waals surface area contributed by atoms with Gasteiger partial charge in [-0.15, -0.1) is 0 Å². The van der Waals surface area contributed by atoms with Gasteiger partial charge in [0.05, 0.1) is 23.4 Å². The van der Waals surface area contributed by atoms with Crippen LogP contribution in [-0.2, 0) is 4.74 Å². The van der Waals surface area contributed by atoms with E-state index in [2.05, 4.69) is 52.0 Å².